The van der Waals surface area contributed by atoms with Gasteiger partial charge in [-0.15, -0.1) is 0 Å². The Kier molecular flexibility index (Phi) is 3.83. The summed E-state index contributed by atoms with van der Waals surface area (Å²) < 4.78 is 5.23. The zero-order valence-electron chi connectivity index (χ0n) is 7.55. The Balaban J connectivity index is 1.94. The predicted molar refractivity (Wildman–Crippen MR) is 45.6 cm³/mol. The molecule has 1 heterocycles. The van der Waals surface area contributed by atoms with E-state index in [1.54, 1.807) is 0 Å². The van der Waals surface area contributed by atoms with E-state index >= 15 is 0 Å². The van der Waals surface area contributed by atoms with Crippen LogP contribution in [0.3, 0.4) is 0 Å². The van der Waals surface area contributed by atoms with Crippen molar-refractivity contribution in [1.29, 1.82) is 0 Å². The van der Waals surface area contributed by atoms with Gasteiger partial charge in [-0.2, -0.15) is 0 Å². The Morgan fingerprint density at radius 2 is 2.27 bits per heavy atom. The maximum Gasteiger partial charge on any atom is 0.0991 e. The molecule has 1 aliphatic heterocycles. The molecule has 11 heavy (non-hydrogen) atoms. The first-order chi connectivity index (χ1) is 5.29. The first kappa shape index (κ1) is 8.97. The van der Waals surface area contributed by atoms with Gasteiger partial charge < -0.3 is 9.64 Å². The molecule has 0 bridgehead atoms. The fourth-order valence-corrected chi connectivity index (χ4v) is 1.24. The Bertz CT molecular complexity index is 100. The molecule has 0 N–H and O–H groups in total. The highest BCUT2D eigenvalue weighted by atomic mass is 16.5. The molecule has 0 saturated carbocycles. The van der Waals surface area contributed by atoms with Gasteiger partial charge in [0.05, 0.1) is 13.3 Å². The molecule has 0 unspecified atom stereocenters. The third-order valence-electron chi connectivity index (χ3n) is 1.91. The van der Waals surface area contributed by atoms with Crippen LogP contribution in [0.5, 0.6) is 0 Å². The normalized spacial score (nSPS) is 19.9. The summed E-state index contributed by atoms with van der Waals surface area (Å²) in [6, 6.07) is 0. The minimum absolute atomic E-state index is 0.841. The van der Waals surface area contributed by atoms with Gasteiger partial charge in [0.25, 0.3) is 0 Å². The molecule has 0 atom stereocenters. The van der Waals surface area contributed by atoms with Gasteiger partial charge in [-0.25, -0.2) is 0 Å². The summed E-state index contributed by atoms with van der Waals surface area (Å²) >= 11 is 0. The Hall–Kier alpha value is -0.120. The molecule has 0 amide bonds. The molecule has 1 fully saturated rings. The first-order valence-electron chi connectivity index (χ1n) is 4.24. The average Bonchev–Trinajstić information content (AvgIpc) is 2.39. The molecule has 0 aromatic heterocycles. The lowest BCUT2D eigenvalue weighted by atomic mass is 10.4. The number of ether oxygens (including phenoxy) is 1. The number of nitrogens with zero attached hydrogens (tertiary/aromatic N) is 2. The third kappa shape index (κ3) is 3.70. The summed E-state index contributed by atoms with van der Waals surface area (Å²) in [5.41, 5.74) is 0. The standard InChI is InChI=1S/C8H18N2O/c1-9(2)4-3-5-10-6-7-11-8-10/h3-8H2,1-2H3. The Morgan fingerprint density at radius 3 is 2.82 bits per heavy atom. The maximum absolute atomic E-state index is 5.23. The number of hydrogen-bond donors (Lipinski definition) is 0. The number of hydrogen-bond acceptors (Lipinski definition) is 3. The molecule has 3 nitrogen and oxygen atoms in total. The van der Waals surface area contributed by atoms with Gasteiger partial charge in [-0.1, -0.05) is 0 Å². The molecule has 66 valence electrons. The zero-order valence-corrected chi connectivity index (χ0v) is 7.55. The van der Waals surface area contributed by atoms with Crippen LogP contribution in [-0.4, -0.2) is 56.9 Å². The van der Waals surface area contributed by atoms with Gasteiger partial charge in [0.15, 0.2) is 0 Å². The number of rotatable bonds is 4. The van der Waals surface area contributed by atoms with Crippen molar-refractivity contribution in [3.8, 4) is 0 Å². The molecule has 1 rings (SSSR count). The van der Waals surface area contributed by atoms with Crippen molar-refractivity contribution in [3.05, 3.63) is 0 Å². The van der Waals surface area contributed by atoms with Gasteiger partial charge in [0.1, 0.15) is 0 Å². The fraction of sp³-hybridized carbons (Fsp3) is 1.00. The van der Waals surface area contributed by atoms with E-state index in [2.05, 4.69) is 23.9 Å². The lowest BCUT2D eigenvalue weighted by Gasteiger charge is -2.14. The second-order valence-electron chi connectivity index (χ2n) is 3.31. The van der Waals surface area contributed by atoms with E-state index in [4.69, 9.17) is 4.74 Å². The molecular weight excluding hydrogens is 140 g/mol. The zero-order chi connectivity index (χ0) is 8.10. The van der Waals surface area contributed by atoms with E-state index in [1.807, 2.05) is 0 Å². The molecular formula is C8H18N2O. The summed E-state index contributed by atoms with van der Waals surface area (Å²) in [4.78, 5) is 4.57. The van der Waals surface area contributed by atoms with Crippen molar-refractivity contribution in [2.45, 2.75) is 6.42 Å². The SMILES string of the molecule is CN(C)CCCN1CCOC1. The van der Waals surface area contributed by atoms with Crippen LogP contribution in [0, 0.1) is 0 Å². The van der Waals surface area contributed by atoms with E-state index < -0.39 is 0 Å². The average molecular weight is 158 g/mol. The van der Waals surface area contributed by atoms with E-state index in [1.165, 1.54) is 19.5 Å². The van der Waals surface area contributed by atoms with Gasteiger partial charge in [0.2, 0.25) is 0 Å². The van der Waals surface area contributed by atoms with Crippen LogP contribution in [0.4, 0.5) is 0 Å². The van der Waals surface area contributed by atoms with Crippen LogP contribution in [0.2, 0.25) is 0 Å². The van der Waals surface area contributed by atoms with Crippen LogP contribution in [-0.2, 0) is 4.74 Å². The fourth-order valence-electron chi connectivity index (χ4n) is 1.24. The third-order valence-corrected chi connectivity index (χ3v) is 1.91. The Morgan fingerprint density at radius 1 is 1.45 bits per heavy atom. The lowest BCUT2D eigenvalue weighted by molar-refractivity contribution is 0.138. The molecule has 1 saturated heterocycles. The smallest absolute Gasteiger partial charge is 0.0991 e. The van der Waals surface area contributed by atoms with Gasteiger partial charge in [-0.05, 0) is 27.1 Å². The van der Waals surface area contributed by atoms with E-state index in [-0.39, 0.29) is 0 Å². The van der Waals surface area contributed by atoms with Crippen molar-refractivity contribution in [2.24, 2.45) is 0 Å². The first-order valence-corrected chi connectivity index (χ1v) is 4.24. The molecule has 0 aromatic rings. The monoisotopic (exact) mass is 158 g/mol. The van der Waals surface area contributed by atoms with Gasteiger partial charge in [0, 0.05) is 13.1 Å². The van der Waals surface area contributed by atoms with Crippen LogP contribution >= 0.6 is 0 Å². The van der Waals surface area contributed by atoms with Crippen LogP contribution in [0.1, 0.15) is 6.42 Å². The van der Waals surface area contributed by atoms with E-state index in [9.17, 15) is 0 Å². The minimum Gasteiger partial charge on any atom is -0.365 e. The van der Waals surface area contributed by atoms with E-state index in [0.29, 0.717) is 0 Å². The predicted octanol–water partition coefficient (Wildman–Crippen LogP) is 0.228. The van der Waals surface area contributed by atoms with Crippen molar-refractivity contribution in [2.75, 3.05) is 47.1 Å². The maximum atomic E-state index is 5.23. The van der Waals surface area contributed by atoms with Gasteiger partial charge in [-0.3, -0.25) is 4.90 Å². The Labute approximate surface area is 68.9 Å². The highest BCUT2D eigenvalue weighted by Crippen LogP contribution is 1.99. The van der Waals surface area contributed by atoms with Crippen molar-refractivity contribution in [1.82, 2.24) is 9.80 Å². The highest BCUT2D eigenvalue weighted by Gasteiger charge is 2.10. The van der Waals surface area contributed by atoms with Crippen molar-refractivity contribution < 1.29 is 4.74 Å². The summed E-state index contributed by atoms with van der Waals surface area (Å²) in [6.07, 6.45) is 1.25. The van der Waals surface area contributed by atoms with Gasteiger partial charge >= 0.3 is 0 Å². The molecule has 3 heteroatoms. The van der Waals surface area contributed by atoms with E-state index in [0.717, 1.165) is 19.9 Å². The molecule has 1 aliphatic rings. The lowest BCUT2D eigenvalue weighted by Crippen LogP contribution is -2.24. The van der Waals surface area contributed by atoms with Crippen molar-refractivity contribution >= 4 is 0 Å². The van der Waals surface area contributed by atoms with Crippen LogP contribution in [0.15, 0.2) is 0 Å². The minimum atomic E-state index is 0.841. The topological polar surface area (TPSA) is 15.7 Å². The quantitative estimate of drug-likeness (QED) is 0.582. The molecule has 0 aromatic carbocycles. The summed E-state index contributed by atoms with van der Waals surface area (Å²) in [6.45, 7) is 5.23. The highest BCUT2D eigenvalue weighted by molar-refractivity contribution is 4.59. The molecule has 0 spiro atoms. The summed E-state index contributed by atoms with van der Waals surface area (Å²) in [7, 11) is 4.22. The molecule has 0 radical (unpaired) electrons. The summed E-state index contributed by atoms with van der Waals surface area (Å²) in [5.74, 6) is 0. The van der Waals surface area contributed by atoms with Crippen molar-refractivity contribution in [3.63, 3.8) is 0 Å². The second kappa shape index (κ2) is 4.70. The largest absolute Gasteiger partial charge is 0.365 e. The summed E-state index contributed by atoms with van der Waals surface area (Å²) in [5, 5.41) is 0. The second-order valence-corrected chi connectivity index (χ2v) is 3.31. The van der Waals surface area contributed by atoms with Crippen LogP contribution < -0.4 is 0 Å². The van der Waals surface area contributed by atoms with Crippen LogP contribution in [0.25, 0.3) is 0 Å². The molecule has 0 aliphatic carbocycles.